The van der Waals surface area contributed by atoms with E-state index in [0.29, 0.717) is 11.5 Å². The summed E-state index contributed by atoms with van der Waals surface area (Å²) in [6.07, 6.45) is 2.24. The molecule has 2 heterocycles. The monoisotopic (exact) mass is 426 g/mol. The van der Waals surface area contributed by atoms with Crippen LogP contribution in [0.15, 0.2) is 60.7 Å². The predicted octanol–water partition coefficient (Wildman–Crippen LogP) is 4.68. The zero-order valence-corrected chi connectivity index (χ0v) is 18.5. The third kappa shape index (κ3) is 3.73. The number of nitrogens with one attached hydrogen (secondary N) is 1. The molecule has 4 aromatic rings. The van der Waals surface area contributed by atoms with Gasteiger partial charge in [-0.3, -0.25) is 9.48 Å². The zero-order valence-electron chi connectivity index (χ0n) is 18.5. The van der Waals surface area contributed by atoms with Crippen molar-refractivity contribution in [2.24, 2.45) is 7.05 Å². The third-order valence-corrected chi connectivity index (χ3v) is 6.09. The number of hydrogen-bond acceptors (Lipinski definition) is 4. The molecular weight excluding hydrogens is 400 g/mol. The molecule has 1 N–H and O–H groups in total. The Kier molecular flexibility index (Phi) is 5.13. The van der Waals surface area contributed by atoms with Gasteiger partial charge in [-0.05, 0) is 49.1 Å². The quantitative estimate of drug-likeness (QED) is 0.486. The van der Waals surface area contributed by atoms with Crippen molar-refractivity contribution >= 4 is 16.9 Å². The average molecular weight is 427 g/mol. The Balaban J connectivity index is 1.57. The van der Waals surface area contributed by atoms with Crippen LogP contribution in [0, 0.1) is 6.92 Å². The SMILES string of the molecule is COc1ccc(C(NC(=O)c2cc(C3CC3)nc3c2c(C)nn3C)c2ccccc2)cc1. The van der Waals surface area contributed by atoms with Crippen molar-refractivity contribution in [2.45, 2.75) is 31.7 Å². The number of benzene rings is 2. The number of nitrogens with zero attached hydrogens (tertiary/aromatic N) is 3. The van der Waals surface area contributed by atoms with Crippen LogP contribution in [0.25, 0.3) is 11.0 Å². The molecule has 5 rings (SSSR count). The summed E-state index contributed by atoms with van der Waals surface area (Å²) < 4.78 is 7.08. The zero-order chi connectivity index (χ0) is 22.2. The minimum Gasteiger partial charge on any atom is -0.497 e. The molecule has 0 bridgehead atoms. The molecule has 6 nitrogen and oxygen atoms in total. The fourth-order valence-electron chi connectivity index (χ4n) is 4.24. The summed E-state index contributed by atoms with van der Waals surface area (Å²) >= 11 is 0. The number of aromatic nitrogens is 3. The lowest BCUT2D eigenvalue weighted by Gasteiger charge is -2.21. The summed E-state index contributed by atoms with van der Waals surface area (Å²) in [5.74, 6) is 1.09. The largest absolute Gasteiger partial charge is 0.497 e. The van der Waals surface area contributed by atoms with E-state index in [1.54, 1.807) is 11.8 Å². The third-order valence-electron chi connectivity index (χ3n) is 6.09. The summed E-state index contributed by atoms with van der Waals surface area (Å²) in [5, 5.41) is 8.62. The standard InChI is InChI=1S/C26H26N4O2/c1-16-23-21(15-22(17-9-10-17)27-25(23)30(2)29-16)26(31)28-24(18-7-5-4-6-8-18)19-11-13-20(32-3)14-12-19/h4-8,11-15,17,24H,9-10H2,1-3H3,(H,28,31). The van der Waals surface area contributed by atoms with Crippen molar-refractivity contribution in [1.82, 2.24) is 20.1 Å². The van der Waals surface area contributed by atoms with Crippen molar-refractivity contribution in [3.05, 3.63) is 88.7 Å². The van der Waals surface area contributed by atoms with E-state index >= 15 is 0 Å². The van der Waals surface area contributed by atoms with Crippen molar-refractivity contribution in [3.63, 3.8) is 0 Å². The summed E-state index contributed by atoms with van der Waals surface area (Å²) in [4.78, 5) is 18.5. The number of rotatable bonds is 6. The second kappa shape index (κ2) is 8.11. The molecule has 1 atom stereocenters. The smallest absolute Gasteiger partial charge is 0.252 e. The normalized spacial score (nSPS) is 14.3. The lowest BCUT2D eigenvalue weighted by Crippen LogP contribution is -2.29. The summed E-state index contributed by atoms with van der Waals surface area (Å²) in [6, 6.07) is 19.5. The van der Waals surface area contributed by atoms with Gasteiger partial charge in [0.25, 0.3) is 5.91 Å². The second-order valence-electron chi connectivity index (χ2n) is 8.37. The van der Waals surface area contributed by atoms with Gasteiger partial charge < -0.3 is 10.1 Å². The highest BCUT2D eigenvalue weighted by atomic mass is 16.5. The van der Waals surface area contributed by atoms with Crippen LogP contribution in [0.3, 0.4) is 0 Å². The van der Waals surface area contributed by atoms with E-state index in [2.05, 4.69) is 10.4 Å². The Morgan fingerprint density at radius 2 is 1.78 bits per heavy atom. The molecule has 1 saturated carbocycles. The van der Waals surface area contributed by atoms with E-state index in [0.717, 1.165) is 52.1 Å². The number of methoxy groups -OCH3 is 1. The molecule has 0 aliphatic heterocycles. The van der Waals surface area contributed by atoms with Gasteiger partial charge in [0.15, 0.2) is 5.65 Å². The molecular formula is C26H26N4O2. The number of carbonyl (C=O) groups is 1. The maximum atomic E-state index is 13.7. The number of amides is 1. The predicted molar refractivity (Wildman–Crippen MR) is 124 cm³/mol. The Labute approximate surface area is 187 Å². The Hall–Kier alpha value is -3.67. The topological polar surface area (TPSA) is 69.0 Å². The summed E-state index contributed by atoms with van der Waals surface area (Å²) in [7, 11) is 3.53. The molecule has 32 heavy (non-hydrogen) atoms. The van der Waals surface area contributed by atoms with Gasteiger partial charge in [0.05, 0.1) is 29.8 Å². The molecule has 1 fully saturated rings. The summed E-state index contributed by atoms with van der Waals surface area (Å²) in [5.41, 5.74) is 5.19. The first-order valence-corrected chi connectivity index (χ1v) is 10.9. The van der Waals surface area contributed by atoms with Crippen LogP contribution < -0.4 is 10.1 Å². The van der Waals surface area contributed by atoms with Crippen molar-refractivity contribution < 1.29 is 9.53 Å². The minimum atomic E-state index is -0.292. The Morgan fingerprint density at radius 3 is 2.44 bits per heavy atom. The van der Waals surface area contributed by atoms with Crippen LogP contribution in [0.5, 0.6) is 5.75 Å². The first-order chi connectivity index (χ1) is 15.5. The van der Waals surface area contributed by atoms with Crippen LogP contribution >= 0.6 is 0 Å². The Morgan fingerprint density at radius 1 is 1.09 bits per heavy atom. The van der Waals surface area contributed by atoms with Crippen LogP contribution in [-0.2, 0) is 7.05 Å². The van der Waals surface area contributed by atoms with Crippen molar-refractivity contribution in [1.29, 1.82) is 0 Å². The first kappa shape index (κ1) is 20.2. The maximum absolute atomic E-state index is 13.7. The minimum absolute atomic E-state index is 0.125. The maximum Gasteiger partial charge on any atom is 0.252 e. The first-order valence-electron chi connectivity index (χ1n) is 10.9. The van der Waals surface area contributed by atoms with Gasteiger partial charge in [0.1, 0.15) is 5.75 Å². The van der Waals surface area contributed by atoms with Crippen molar-refractivity contribution in [2.75, 3.05) is 7.11 Å². The summed E-state index contributed by atoms with van der Waals surface area (Å²) in [6.45, 7) is 1.93. The molecule has 1 unspecified atom stereocenters. The van der Waals surface area contributed by atoms with Gasteiger partial charge in [-0.25, -0.2) is 4.98 Å². The lowest BCUT2D eigenvalue weighted by atomic mass is 9.97. The fourth-order valence-corrected chi connectivity index (χ4v) is 4.24. The number of fused-ring (bicyclic) bond motifs is 1. The highest BCUT2D eigenvalue weighted by Gasteiger charge is 2.29. The molecule has 1 aliphatic rings. The van der Waals surface area contributed by atoms with E-state index in [9.17, 15) is 4.79 Å². The molecule has 2 aromatic carbocycles. The highest BCUT2D eigenvalue weighted by molar-refractivity contribution is 6.06. The van der Waals surface area contributed by atoms with Crippen molar-refractivity contribution in [3.8, 4) is 5.75 Å². The van der Waals surface area contributed by atoms with Crippen LogP contribution in [0.2, 0.25) is 0 Å². The molecule has 6 heteroatoms. The fraction of sp³-hybridized carbons (Fsp3) is 0.269. The number of ether oxygens (including phenoxy) is 1. The molecule has 0 spiro atoms. The van der Waals surface area contributed by atoms with E-state index in [4.69, 9.17) is 9.72 Å². The van der Waals surface area contributed by atoms with E-state index < -0.39 is 0 Å². The van der Waals surface area contributed by atoms with E-state index in [-0.39, 0.29) is 11.9 Å². The van der Waals surface area contributed by atoms with Gasteiger partial charge in [-0.1, -0.05) is 42.5 Å². The van der Waals surface area contributed by atoms with Crippen LogP contribution in [-0.4, -0.2) is 27.8 Å². The average Bonchev–Trinajstić information content (AvgIpc) is 3.63. The second-order valence-corrected chi connectivity index (χ2v) is 8.37. The lowest BCUT2D eigenvalue weighted by molar-refractivity contribution is 0.0944. The van der Waals surface area contributed by atoms with E-state index in [1.807, 2.05) is 74.6 Å². The Bertz CT molecular complexity index is 1270. The highest BCUT2D eigenvalue weighted by Crippen LogP contribution is 2.40. The van der Waals surface area contributed by atoms with Gasteiger partial charge in [-0.2, -0.15) is 5.10 Å². The molecule has 0 saturated heterocycles. The molecule has 1 amide bonds. The van der Waals surface area contributed by atoms with E-state index in [1.165, 1.54) is 0 Å². The van der Waals surface area contributed by atoms with Crippen LogP contribution in [0.1, 0.15) is 57.7 Å². The van der Waals surface area contributed by atoms with Gasteiger partial charge in [0, 0.05) is 18.7 Å². The molecule has 162 valence electrons. The number of carbonyl (C=O) groups excluding carboxylic acids is 1. The number of aryl methyl sites for hydroxylation is 2. The van der Waals surface area contributed by atoms with Crippen LogP contribution in [0.4, 0.5) is 0 Å². The molecule has 1 aliphatic carbocycles. The molecule has 2 aromatic heterocycles. The number of hydrogen-bond donors (Lipinski definition) is 1. The number of pyridine rings is 1. The van der Waals surface area contributed by atoms with Gasteiger partial charge >= 0.3 is 0 Å². The van der Waals surface area contributed by atoms with Gasteiger partial charge in [-0.15, -0.1) is 0 Å². The molecule has 0 radical (unpaired) electrons. The van der Waals surface area contributed by atoms with Gasteiger partial charge in [0.2, 0.25) is 0 Å².